The van der Waals surface area contributed by atoms with Crippen LogP contribution in [0.15, 0.2) is 76.1 Å². The zero-order valence-electron chi connectivity index (χ0n) is 19.6. The number of carbonyl (C=O) groups is 2. The molecule has 0 unspecified atom stereocenters. The fourth-order valence-electron chi connectivity index (χ4n) is 3.41. The maximum atomic E-state index is 13.0. The van der Waals surface area contributed by atoms with Gasteiger partial charge >= 0.3 is 0 Å². The third-order valence-electron chi connectivity index (χ3n) is 5.32. The Morgan fingerprint density at radius 2 is 1.83 bits per heavy atom. The number of nitrogens with one attached hydrogen (secondary N) is 1. The first kappa shape index (κ1) is 25.9. The lowest BCUT2D eigenvalue weighted by Gasteiger charge is -2.15. The molecule has 1 heterocycles. The van der Waals surface area contributed by atoms with Crippen LogP contribution in [0.5, 0.6) is 11.5 Å². The van der Waals surface area contributed by atoms with Gasteiger partial charge < -0.3 is 9.47 Å². The second kappa shape index (κ2) is 11.7. The summed E-state index contributed by atoms with van der Waals surface area (Å²) in [7, 11) is 0. The number of hydrogen-bond donors (Lipinski definition) is 1. The van der Waals surface area contributed by atoms with E-state index in [1.165, 1.54) is 0 Å². The van der Waals surface area contributed by atoms with Gasteiger partial charge in [-0.2, -0.15) is 5.01 Å². The Morgan fingerprint density at radius 3 is 2.56 bits per heavy atom. The maximum Gasteiger partial charge on any atom is 0.285 e. The van der Waals surface area contributed by atoms with Crippen molar-refractivity contribution in [3.63, 3.8) is 0 Å². The van der Waals surface area contributed by atoms with Crippen molar-refractivity contribution in [2.24, 2.45) is 0 Å². The van der Waals surface area contributed by atoms with E-state index in [9.17, 15) is 9.59 Å². The van der Waals surface area contributed by atoms with Crippen LogP contribution < -0.4 is 14.9 Å². The van der Waals surface area contributed by atoms with Crippen LogP contribution in [0.4, 0.5) is 0 Å². The fraction of sp³-hybridized carbons (Fsp3) is 0.148. The van der Waals surface area contributed by atoms with Crippen molar-refractivity contribution in [2.45, 2.75) is 20.5 Å². The van der Waals surface area contributed by atoms with Gasteiger partial charge in [0.25, 0.3) is 11.8 Å². The molecule has 1 fully saturated rings. The van der Waals surface area contributed by atoms with E-state index in [-0.39, 0.29) is 4.32 Å². The molecule has 3 aromatic rings. The number of thiocarbonyl (C=S) groups is 1. The Balaban J connectivity index is 1.49. The molecule has 1 saturated heterocycles. The molecule has 1 aliphatic rings. The first-order chi connectivity index (χ1) is 17.4. The van der Waals surface area contributed by atoms with Crippen molar-refractivity contribution in [1.29, 1.82) is 0 Å². The molecule has 184 valence electrons. The molecule has 2 amide bonds. The van der Waals surface area contributed by atoms with Crippen molar-refractivity contribution in [3.8, 4) is 11.5 Å². The number of ether oxygens (including phenoxy) is 2. The van der Waals surface area contributed by atoms with Crippen LogP contribution in [0, 0.1) is 6.92 Å². The van der Waals surface area contributed by atoms with Gasteiger partial charge in [-0.15, -0.1) is 0 Å². The number of hydrogen-bond acceptors (Lipinski definition) is 6. The first-order valence-corrected chi connectivity index (χ1v) is 13.2. The normalized spacial score (nSPS) is 14.3. The molecule has 0 bridgehead atoms. The molecule has 4 rings (SSSR count). The quantitative estimate of drug-likeness (QED) is 0.249. The molecule has 1 N–H and O–H groups in total. The minimum atomic E-state index is -0.422. The van der Waals surface area contributed by atoms with E-state index in [0.29, 0.717) is 35.2 Å². The highest BCUT2D eigenvalue weighted by molar-refractivity contribution is 9.10. The Morgan fingerprint density at radius 1 is 1.08 bits per heavy atom. The number of hydrazine groups is 1. The Hall–Kier alpha value is -3.14. The lowest BCUT2D eigenvalue weighted by atomic mass is 10.1. The average Bonchev–Trinajstić information content (AvgIpc) is 3.12. The smallest absolute Gasteiger partial charge is 0.285 e. The number of amides is 2. The van der Waals surface area contributed by atoms with Crippen LogP contribution in [0.2, 0.25) is 0 Å². The SMILES string of the molecule is CCOc1cc(/C=C2\SC(=S)N(NC(=O)c3ccc(Br)cc3)C2=O)ccc1OCc1ccccc1C. The molecule has 1 aliphatic heterocycles. The van der Waals surface area contributed by atoms with E-state index >= 15 is 0 Å². The summed E-state index contributed by atoms with van der Waals surface area (Å²) >= 11 is 9.80. The van der Waals surface area contributed by atoms with Gasteiger partial charge in [0.1, 0.15) is 6.61 Å². The van der Waals surface area contributed by atoms with Gasteiger partial charge in [0.15, 0.2) is 15.8 Å². The fourth-order valence-corrected chi connectivity index (χ4v) is 4.86. The molecule has 9 heteroatoms. The van der Waals surface area contributed by atoms with Gasteiger partial charge in [0.2, 0.25) is 0 Å². The molecule has 6 nitrogen and oxygen atoms in total. The highest BCUT2D eigenvalue weighted by Gasteiger charge is 2.33. The zero-order chi connectivity index (χ0) is 25.7. The number of carbonyl (C=O) groups excluding carboxylic acids is 2. The number of thioether (sulfide) groups is 1. The monoisotopic (exact) mass is 582 g/mol. The summed E-state index contributed by atoms with van der Waals surface area (Å²) in [5.74, 6) is 0.382. The summed E-state index contributed by atoms with van der Waals surface area (Å²) in [5, 5.41) is 1.10. The van der Waals surface area contributed by atoms with E-state index in [0.717, 1.165) is 37.9 Å². The summed E-state index contributed by atoms with van der Waals surface area (Å²) in [5.41, 5.74) is 6.01. The maximum absolute atomic E-state index is 13.0. The van der Waals surface area contributed by atoms with Crippen molar-refractivity contribution < 1.29 is 19.1 Å². The van der Waals surface area contributed by atoms with Gasteiger partial charge in [0.05, 0.1) is 11.5 Å². The molecular formula is C27H23BrN2O4S2. The Labute approximate surface area is 227 Å². The third kappa shape index (κ3) is 6.16. The molecule has 0 aromatic heterocycles. The molecule has 0 spiro atoms. The average molecular weight is 584 g/mol. The van der Waals surface area contributed by atoms with Gasteiger partial charge in [-0.25, -0.2) is 0 Å². The third-order valence-corrected chi connectivity index (χ3v) is 7.15. The number of halogens is 1. The van der Waals surface area contributed by atoms with E-state index in [1.807, 2.05) is 56.3 Å². The molecule has 0 saturated carbocycles. The predicted octanol–water partition coefficient (Wildman–Crippen LogP) is 6.28. The minimum Gasteiger partial charge on any atom is -0.490 e. The Kier molecular flexibility index (Phi) is 8.45. The predicted molar refractivity (Wildman–Crippen MR) is 150 cm³/mol. The molecular weight excluding hydrogens is 560 g/mol. The lowest BCUT2D eigenvalue weighted by Crippen LogP contribution is -2.44. The molecule has 0 radical (unpaired) electrons. The van der Waals surface area contributed by atoms with Crippen LogP contribution in [-0.2, 0) is 11.4 Å². The van der Waals surface area contributed by atoms with Crippen LogP contribution in [0.1, 0.15) is 34.0 Å². The van der Waals surface area contributed by atoms with E-state index in [1.54, 1.807) is 30.3 Å². The number of rotatable bonds is 8. The lowest BCUT2D eigenvalue weighted by molar-refractivity contribution is -0.123. The minimum absolute atomic E-state index is 0.250. The summed E-state index contributed by atoms with van der Waals surface area (Å²) in [6.07, 6.45) is 1.72. The van der Waals surface area contributed by atoms with Gasteiger partial charge in [-0.1, -0.05) is 58.0 Å². The standard InChI is InChI=1S/C27H23BrN2O4S2/c1-3-33-23-14-18(8-13-22(23)34-16-20-7-5-4-6-17(20)2)15-24-26(32)30(27(35)36-24)29-25(31)19-9-11-21(28)12-10-19/h4-15H,3,16H2,1-2H3,(H,29,31)/b24-15-. The van der Waals surface area contributed by atoms with E-state index in [4.69, 9.17) is 21.7 Å². The van der Waals surface area contributed by atoms with Crippen molar-refractivity contribution in [2.75, 3.05) is 6.61 Å². The van der Waals surface area contributed by atoms with E-state index < -0.39 is 11.8 Å². The Bertz CT molecular complexity index is 1340. The van der Waals surface area contributed by atoms with Crippen molar-refractivity contribution in [1.82, 2.24) is 10.4 Å². The van der Waals surface area contributed by atoms with Gasteiger partial charge in [0, 0.05) is 10.0 Å². The van der Waals surface area contributed by atoms with Gasteiger partial charge in [-0.05, 0) is 85.2 Å². The van der Waals surface area contributed by atoms with Crippen molar-refractivity contribution >= 4 is 62.1 Å². The van der Waals surface area contributed by atoms with Crippen molar-refractivity contribution in [3.05, 3.63) is 98.4 Å². The van der Waals surface area contributed by atoms with Crippen LogP contribution in [0.25, 0.3) is 6.08 Å². The highest BCUT2D eigenvalue weighted by atomic mass is 79.9. The zero-order valence-corrected chi connectivity index (χ0v) is 22.8. The largest absolute Gasteiger partial charge is 0.490 e. The number of aryl methyl sites for hydroxylation is 1. The van der Waals surface area contributed by atoms with E-state index in [2.05, 4.69) is 21.4 Å². The number of benzene rings is 3. The molecule has 36 heavy (non-hydrogen) atoms. The van der Waals surface area contributed by atoms with Crippen LogP contribution in [-0.4, -0.2) is 27.8 Å². The molecule has 0 aliphatic carbocycles. The summed E-state index contributed by atoms with van der Waals surface area (Å²) in [6, 6.07) is 20.4. The highest BCUT2D eigenvalue weighted by Crippen LogP contribution is 2.34. The van der Waals surface area contributed by atoms with Crippen LogP contribution >= 0.6 is 39.9 Å². The topological polar surface area (TPSA) is 67.9 Å². The second-order valence-electron chi connectivity index (χ2n) is 7.82. The first-order valence-electron chi connectivity index (χ1n) is 11.1. The second-order valence-corrected chi connectivity index (χ2v) is 10.4. The summed E-state index contributed by atoms with van der Waals surface area (Å²) in [6.45, 7) is 4.83. The van der Waals surface area contributed by atoms with Crippen LogP contribution in [0.3, 0.4) is 0 Å². The molecule has 0 atom stereocenters. The summed E-state index contributed by atoms with van der Waals surface area (Å²) in [4.78, 5) is 25.9. The summed E-state index contributed by atoms with van der Waals surface area (Å²) < 4.78 is 12.9. The molecule has 3 aromatic carbocycles. The number of nitrogens with zero attached hydrogens (tertiary/aromatic N) is 1. The van der Waals surface area contributed by atoms with Gasteiger partial charge in [-0.3, -0.25) is 15.0 Å².